The van der Waals surface area contributed by atoms with Gasteiger partial charge in [0, 0.05) is 0 Å². The molecule has 19 heavy (non-hydrogen) atoms. The van der Waals surface area contributed by atoms with Crippen LogP contribution in [0, 0.1) is 17.8 Å². The van der Waals surface area contributed by atoms with E-state index < -0.39 is 0 Å². The zero-order valence-electron chi connectivity index (χ0n) is 13.9. The van der Waals surface area contributed by atoms with E-state index in [9.17, 15) is 0 Å². The summed E-state index contributed by atoms with van der Waals surface area (Å²) in [6, 6.07) is 0. The van der Waals surface area contributed by atoms with Crippen LogP contribution >= 0.6 is 0 Å². The minimum Gasteiger partial charge on any atom is -0.0654 e. The first-order chi connectivity index (χ1) is 9.27. The molecule has 0 spiro atoms. The minimum atomic E-state index is 0.966. The molecular weight excluding hydrogens is 228 g/mol. The maximum Gasteiger partial charge on any atom is -0.0388 e. The van der Waals surface area contributed by atoms with Crippen LogP contribution in [-0.2, 0) is 0 Å². The average molecular weight is 267 g/mol. The second kappa shape index (κ2) is 10.7. The second-order valence-electron chi connectivity index (χ2n) is 7.09. The summed E-state index contributed by atoms with van der Waals surface area (Å²) in [6.07, 6.45) is 19.2. The molecule has 0 aromatic carbocycles. The largest absolute Gasteiger partial charge is 0.0654 e. The molecule has 0 heteroatoms. The van der Waals surface area contributed by atoms with E-state index in [1.54, 1.807) is 0 Å². The van der Waals surface area contributed by atoms with Crippen LogP contribution in [0.5, 0.6) is 0 Å². The zero-order chi connectivity index (χ0) is 13.9. The topological polar surface area (TPSA) is 0 Å². The normalized spacial score (nSPS) is 20.4. The summed E-state index contributed by atoms with van der Waals surface area (Å²) < 4.78 is 0. The van der Waals surface area contributed by atoms with Crippen LogP contribution in [0.2, 0.25) is 0 Å². The van der Waals surface area contributed by atoms with Gasteiger partial charge < -0.3 is 0 Å². The standard InChI is InChI=1S/C19H38/c1-4-6-7-8-10-13-17(3)19(5-2)16-18-14-11-9-12-15-18/h17-19H,4-16H2,1-3H3. The monoisotopic (exact) mass is 266 g/mol. The summed E-state index contributed by atoms with van der Waals surface area (Å²) in [5.74, 6) is 3.05. The molecule has 0 N–H and O–H groups in total. The van der Waals surface area contributed by atoms with E-state index in [1.807, 2.05) is 0 Å². The highest BCUT2D eigenvalue weighted by Crippen LogP contribution is 2.34. The quantitative estimate of drug-likeness (QED) is 0.374. The van der Waals surface area contributed by atoms with Gasteiger partial charge in [0.15, 0.2) is 0 Å². The number of hydrogen-bond donors (Lipinski definition) is 0. The van der Waals surface area contributed by atoms with E-state index in [-0.39, 0.29) is 0 Å². The molecule has 2 atom stereocenters. The van der Waals surface area contributed by atoms with Gasteiger partial charge >= 0.3 is 0 Å². The molecule has 0 saturated heterocycles. The van der Waals surface area contributed by atoms with Crippen LogP contribution in [0.25, 0.3) is 0 Å². The highest BCUT2D eigenvalue weighted by molar-refractivity contribution is 4.73. The third kappa shape index (κ3) is 7.37. The van der Waals surface area contributed by atoms with Crippen LogP contribution in [0.1, 0.15) is 104 Å². The van der Waals surface area contributed by atoms with E-state index >= 15 is 0 Å². The molecule has 0 aliphatic heterocycles. The third-order valence-corrected chi connectivity index (χ3v) is 5.45. The molecule has 0 aromatic heterocycles. The lowest BCUT2D eigenvalue weighted by Crippen LogP contribution is -2.17. The Morgan fingerprint density at radius 2 is 1.58 bits per heavy atom. The summed E-state index contributed by atoms with van der Waals surface area (Å²) >= 11 is 0. The Bertz CT molecular complexity index is 190. The molecule has 1 rings (SSSR count). The van der Waals surface area contributed by atoms with Gasteiger partial charge in [-0.1, -0.05) is 97.8 Å². The Balaban J connectivity index is 2.16. The van der Waals surface area contributed by atoms with Crippen molar-refractivity contribution in [3.63, 3.8) is 0 Å². The van der Waals surface area contributed by atoms with Crippen molar-refractivity contribution in [3.8, 4) is 0 Å². The average Bonchev–Trinajstić information content (AvgIpc) is 2.45. The lowest BCUT2D eigenvalue weighted by molar-refractivity contribution is 0.223. The fraction of sp³-hybridized carbons (Fsp3) is 1.00. The molecule has 0 amide bonds. The van der Waals surface area contributed by atoms with Crippen molar-refractivity contribution in [1.29, 1.82) is 0 Å². The maximum absolute atomic E-state index is 2.52. The lowest BCUT2D eigenvalue weighted by Gasteiger charge is -2.29. The van der Waals surface area contributed by atoms with Crippen molar-refractivity contribution in [2.45, 2.75) is 104 Å². The Kier molecular flexibility index (Phi) is 9.65. The molecule has 0 bridgehead atoms. The van der Waals surface area contributed by atoms with Crippen LogP contribution in [0.3, 0.4) is 0 Å². The first kappa shape index (κ1) is 17.1. The second-order valence-corrected chi connectivity index (χ2v) is 7.09. The Morgan fingerprint density at radius 3 is 2.21 bits per heavy atom. The van der Waals surface area contributed by atoms with Gasteiger partial charge in [0.05, 0.1) is 0 Å². The Hall–Kier alpha value is 0. The van der Waals surface area contributed by atoms with E-state index in [1.165, 1.54) is 83.5 Å². The molecule has 1 fully saturated rings. The summed E-state index contributed by atoms with van der Waals surface area (Å²) in [5.41, 5.74) is 0. The smallest absolute Gasteiger partial charge is 0.0388 e. The summed E-state index contributed by atoms with van der Waals surface area (Å²) in [7, 11) is 0. The van der Waals surface area contributed by atoms with Crippen molar-refractivity contribution in [1.82, 2.24) is 0 Å². The summed E-state index contributed by atoms with van der Waals surface area (Å²) in [5, 5.41) is 0. The minimum absolute atomic E-state index is 0.966. The van der Waals surface area contributed by atoms with E-state index in [4.69, 9.17) is 0 Å². The number of rotatable bonds is 10. The van der Waals surface area contributed by atoms with E-state index in [0.717, 1.165) is 17.8 Å². The van der Waals surface area contributed by atoms with Gasteiger partial charge in [-0.25, -0.2) is 0 Å². The van der Waals surface area contributed by atoms with Crippen LogP contribution in [0.15, 0.2) is 0 Å². The zero-order valence-corrected chi connectivity index (χ0v) is 13.9. The first-order valence-electron chi connectivity index (χ1n) is 9.27. The van der Waals surface area contributed by atoms with Gasteiger partial charge in [0.1, 0.15) is 0 Å². The molecule has 1 aliphatic rings. The molecule has 1 saturated carbocycles. The third-order valence-electron chi connectivity index (χ3n) is 5.45. The maximum atomic E-state index is 2.52. The molecule has 0 nitrogen and oxygen atoms in total. The number of unbranched alkanes of at least 4 members (excludes halogenated alkanes) is 4. The Morgan fingerprint density at radius 1 is 0.895 bits per heavy atom. The molecular formula is C19H38. The van der Waals surface area contributed by atoms with Gasteiger partial charge in [-0.2, -0.15) is 0 Å². The predicted octanol–water partition coefficient (Wildman–Crippen LogP) is 6.98. The molecule has 0 heterocycles. The molecule has 2 unspecified atom stereocenters. The molecule has 0 radical (unpaired) electrons. The van der Waals surface area contributed by atoms with Crippen molar-refractivity contribution in [2.75, 3.05) is 0 Å². The van der Waals surface area contributed by atoms with Crippen molar-refractivity contribution < 1.29 is 0 Å². The van der Waals surface area contributed by atoms with Crippen LogP contribution in [-0.4, -0.2) is 0 Å². The summed E-state index contributed by atoms with van der Waals surface area (Å²) in [6.45, 7) is 7.25. The van der Waals surface area contributed by atoms with Gasteiger partial charge in [-0.3, -0.25) is 0 Å². The van der Waals surface area contributed by atoms with Gasteiger partial charge in [0.2, 0.25) is 0 Å². The molecule has 1 aliphatic carbocycles. The van der Waals surface area contributed by atoms with Crippen molar-refractivity contribution in [3.05, 3.63) is 0 Å². The highest BCUT2D eigenvalue weighted by atomic mass is 14.3. The molecule has 114 valence electrons. The SMILES string of the molecule is CCCCCCCC(C)C(CC)CC1CCCCC1. The predicted molar refractivity (Wildman–Crippen MR) is 87.5 cm³/mol. The lowest BCUT2D eigenvalue weighted by atomic mass is 9.76. The van der Waals surface area contributed by atoms with Crippen LogP contribution < -0.4 is 0 Å². The highest BCUT2D eigenvalue weighted by Gasteiger charge is 2.21. The summed E-state index contributed by atoms with van der Waals surface area (Å²) in [4.78, 5) is 0. The van der Waals surface area contributed by atoms with Crippen molar-refractivity contribution in [2.24, 2.45) is 17.8 Å². The number of hydrogen-bond acceptors (Lipinski definition) is 0. The van der Waals surface area contributed by atoms with E-state index in [0.29, 0.717) is 0 Å². The van der Waals surface area contributed by atoms with Crippen molar-refractivity contribution >= 4 is 0 Å². The molecule has 0 aromatic rings. The van der Waals surface area contributed by atoms with Gasteiger partial charge in [-0.15, -0.1) is 0 Å². The fourth-order valence-corrected chi connectivity index (χ4v) is 3.96. The Labute approximate surface area is 122 Å². The van der Waals surface area contributed by atoms with Crippen LogP contribution in [0.4, 0.5) is 0 Å². The van der Waals surface area contributed by atoms with Gasteiger partial charge in [0.25, 0.3) is 0 Å². The first-order valence-corrected chi connectivity index (χ1v) is 9.27. The fourth-order valence-electron chi connectivity index (χ4n) is 3.96. The van der Waals surface area contributed by atoms with E-state index in [2.05, 4.69) is 20.8 Å². The van der Waals surface area contributed by atoms with Gasteiger partial charge in [-0.05, 0) is 24.2 Å².